The number of carbonyl (C=O) groups excluding carboxylic acids is 2. The highest BCUT2D eigenvalue weighted by Crippen LogP contribution is 2.30. The summed E-state index contributed by atoms with van der Waals surface area (Å²) < 4.78 is 5.33. The van der Waals surface area contributed by atoms with Gasteiger partial charge in [0, 0.05) is 23.6 Å². The Morgan fingerprint density at radius 2 is 2.08 bits per heavy atom. The minimum atomic E-state index is -0.267. The third-order valence-corrected chi connectivity index (χ3v) is 5.03. The molecule has 0 atom stereocenters. The lowest BCUT2D eigenvalue weighted by atomic mass is 10.0. The largest absolute Gasteiger partial charge is 0.495 e. The summed E-state index contributed by atoms with van der Waals surface area (Å²) in [5.41, 5.74) is 1.03. The molecule has 0 radical (unpaired) electrons. The van der Waals surface area contributed by atoms with Crippen LogP contribution in [0.3, 0.4) is 0 Å². The summed E-state index contributed by atoms with van der Waals surface area (Å²) in [4.78, 5) is 28.5. The van der Waals surface area contributed by atoms with Gasteiger partial charge < -0.3 is 10.1 Å². The van der Waals surface area contributed by atoms with Crippen molar-refractivity contribution in [2.24, 2.45) is 5.92 Å². The second kappa shape index (κ2) is 8.11. The number of rotatable bonds is 6. The lowest BCUT2D eigenvalue weighted by molar-refractivity contribution is -0.117. The number of benzene rings is 1. The van der Waals surface area contributed by atoms with E-state index in [1.165, 1.54) is 31.3 Å². The van der Waals surface area contributed by atoms with Crippen molar-refractivity contribution in [1.82, 2.24) is 4.98 Å². The van der Waals surface area contributed by atoms with E-state index in [9.17, 15) is 9.59 Å². The first-order chi connectivity index (χ1) is 12.2. The number of thiazole rings is 1. The molecule has 1 aromatic carbocycles. The fraction of sp³-hybridized carbons (Fsp3) is 0.389. The molecule has 2 aromatic rings. The molecule has 0 unspecified atom stereocenters. The highest BCUT2D eigenvalue weighted by Gasteiger charge is 2.19. The first kappa shape index (κ1) is 17.4. The summed E-state index contributed by atoms with van der Waals surface area (Å²) in [5.74, 6) is 0.670. The monoisotopic (exact) mass is 359 g/mol. The van der Waals surface area contributed by atoms with Crippen LogP contribution in [0.15, 0.2) is 29.8 Å². The predicted octanol–water partition coefficient (Wildman–Crippen LogP) is 3.92. The number of anilines is 2. The van der Waals surface area contributed by atoms with Gasteiger partial charge in [-0.25, -0.2) is 4.98 Å². The van der Waals surface area contributed by atoms with Crippen LogP contribution in [0.25, 0.3) is 0 Å². The molecule has 1 heterocycles. The number of hydrogen-bond acceptors (Lipinski definition) is 5. The molecule has 0 bridgehead atoms. The standard InChI is InChI=1S/C18H21N3O3S/c1-24-15-11-13(17(23)21-18-19-8-9-25-18)6-7-14(15)20-16(22)10-12-4-2-3-5-12/h6-9,11-12H,2-5,10H2,1H3,(H,20,22)(H,19,21,23). The molecule has 1 fully saturated rings. The van der Waals surface area contributed by atoms with Crippen molar-refractivity contribution < 1.29 is 14.3 Å². The van der Waals surface area contributed by atoms with Gasteiger partial charge >= 0.3 is 0 Å². The van der Waals surface area contributed by atoms with E-state index in [-0.39, 0.29) is 11.8 Å². The van der Waals surface area contributed by atoms with E-state index >= 15 is 0 Å². The Morgan fingerprint density at radius 1 is 1.28 bits per heavy atom. The van der Waals surface area contributed by atoms with Gasteiger partial charge in [0.2, 0.25) is 5.91 Å². The van der Waals surface area contributed by atoms with Crippen LogP contribution >= 0.6 is 11.3 Å². The molecule has 0 spiro atoms. The summed E-state index contributed by atoms with van der Waals surface area (Å²) in [5, 5.41) is 7.95. The van der Waals surface area contributed by atoms with Gasteiger partial charge in [0.25, 0.3) is 5.91 Å². The number of amides is 2. The van der Waals surface area contributed by atoms with Gasteiger partial charge in [-0.05, 0) is 37.0 Å². The second-order valence-electron chi connectivity index (χ2n) is 6.11. The highest BCUT2D eigenvalue weighted by molar-refractivity contribution is 7.13. The van der Waals surface area contributed by atoms with E-state index in [2.05, 4.69) is 15.6 Å². The number of hydrogen-bond donors (Lipinski definition) is 2. The maximum atomic E-state index is 12.3. The zero-order valence-electron chi connectivity index (χ0n) is 14.1. The molecule has 0 aliphatic heterocycles. The van der Waals surface area contributed by atoms with Crippen LogP contribution in [-0.2, 0) is 4.79 Å². The normalized spacial score (nSPS) is 14.3. The Bertz CT molecular complexity index is 740. The molecule has 2 N–H and O–H groups in total. The summed E-state index contributed by atoms with van der Waals surface area (Å²) >= 11 is 1.35. The number of aromatic nitrogens is 1. The first-order valence-corrected chi connectivity index (χ1v) is 9.22. The van der Waals surface area contributed by atoms with Crippen molar-refractivity contribution in [3.8, 4) is 5.75 Å². The maximum absolute atomic E-state index is 12.3. The number of carbonyl (C=O) groups is 2. The third kappa shape index (κ3) is 4.57. The molecule has 1 aliphatic carbocycles. The molecule has 7 heteroatoms. The van der Waals surface area contributed by atoms with Gasteiger partial charge in [-0.15, -0.1) is 11.3 Å². The van der Waals surface area contributed by atoms with Crippen molar-refractivity contribution in [1.29, 1.82) is 0 Å². The summed E-state index contributed by atoms with van der Waals surface area (Å²) in [7, 11) is 1.52. The van der Waals surface area contributed by atoms with Crippen LogP contribution < -0.4 is 15.4 Å². The molecule has 6 nitrogen and oxygen atoms in total. The van der Waals surface area contributed by atoms with Crippen LogP contribution in [0.4, 0.5) is 10.8 Å². The Hall–Kier alpha value is -2.41. The third-order valence-electron chi connectivity index (χ3n) is 4.34. The molecule has 1 aliphatic rings. The maximum Gasteiger partial charge on any atom is 0.257 e. The van der Waals surface area contributed by atoms with Crippen molar-refractivity contribution >= 4 is 34.0 Å². The summed E-state index contributed by atoms with van der Waals surface area (Å²) in [6.07, 6.45) is 6.84. The molecule has 25 heavy (non-hydrogen) atoms. The van der Waals surface area contributed by atoms with Crippen LogP contribution in [0.2, 0.25) is 0 Å². The van der Waals surface area contributed by atoms with Crippen molar-refractivity contribution in [3.05, 3.63) is 35.3 Å². The fourth-order valence-electron chi connectivity index (χ4n) is 3.07. The number of ether oxygens (including phenoxy) is 1. The second-order valence-corrected chi connectivity index (χ2v) is 7.00. The van der Waals surface area contributed by atoms with Crippen LogP contribution in [0.5, 0.6) is 5.75 Å². The van der Waals surface area contributed by atoms with Crippen LogP contribution in [0.1, 0.15) is 42.5 Å². The van der Waals surface area contributed by atoms with Gasteiger partial charge in [0.05, 0.1) is 12.8 Å². The predicted molar refractivity (Wildman–Crippen MR) is 98.3 cm³/mol. The van der Waals surface area contributed by atoms with E-state index < -0.39 is 0 Å². The highest BCUT2D eigenvalue weighted by atomic mass is 32.1. The summed E-state index contributed by atoms with van der Waals surface area (Å²) in [6.45, 7) is 0. The Balaban J connectivity index is 1.66. The number of nitrogens with one attached hydrogen (secondary N) is 2. The molecule has 1 saturated carbocycles. The lowest BCUT2D eigenvalue weighted by Crippen LogP contribution is -2.16. The summed E-state index contributed by atoms with van der Waals surface area (Å²) in [6, 6.07) is 4.98. The SMILES string of the molecule is COc1cc(C(=O)Nc2nccs2)ccc1NC(=O)CC1CCCC1. The smallest absolute Gasteiger partial charge is 0.257 e. The lowest BCUT2D eigenvalue weighted by Gasteiger charge is -2.13. The van der Waals surface area contributed by atoms with Crippen LogP contribution in [0, 0.1) is 5.92 Å². The Morgan fingerprint density at radius 3 is 2.76 bits per heavy atom. The van der Waals surface area contributed by atoms with Gasteiger partial charge in [-0.1, -0.05) is 12.8 Å². The molecule has 2 amide bonds. The average molecular weight is 359 g/mol. The van der Waals surface area contributed by atoms with Gasteiger partial charge in [-0.2, -0.15) is 0 Å². The molecular weight excluding hydrogens is 338 g/mol. The minimum Gasteiger partial charge on any atom is -0.495 e. The molecule has 1 aromatic heterocycles. The Kier molecular flexibility index (Phi) is 5.65. The van der Waals surface area contributed by atoms with Crippen LogP contribution in [-0.4, -0.2) is 23.9 Å². The van der Waals surface area contributed by atoms with Crippen molar-refractivity contribution in [2.45, 2.75) is 32.1 Å². The molecule has 132 valence electrons. The molecule has 3 rings (SSSR count). The number of nitrogens with zero attached hydrogens (tertiary/aromatic N) is 1. The van der Waals surface area contributed by atoms with E-state index in [1.54, 1.807) is 29.8 Å². The average Bonchev–Trinajstić information content (AvgIpc) is 3.29. The molecule has 0 saturated heterocycles. The fourth-order valence-corrected chi connectivity index (χ4v) is 3.59. The number of methoxy groups -OCH3 is 1. The Labute approximate surface area is 150 Å². The van der Waals surface area contributed by atoms with E-state index in [4.69, 9.17) is 4.74 Å². The van der Waals surface area contributed by atoms with Gasteiger partial charge in [0.1, 0.15) is 5.75 Å². The van der Waals surface area contributed by atoms with Gasteiger partial charge in [-0.3, -0.25) is 14.9 Å². The molecular formula is C18H21N3O3S. The zero-order chi connectivity index (χ0) is 17.6. The quantitative estimate of drug-likeness (QED) is 0.819. The van der Waals surface area contributed by atoms with E-state index in [0.717, 1.165) is 12.8 Å². The van der Waals surface area contributed by atoms with E-state index in [0.29, 0.717) is 34.5 Å². The van der Waals surface area contributed by atoms with Crippen molar-refractivity contribution in [2.75, 3.05) is 17.7 Å². The van der Waals surface area contributed by atoms with Gasteiger partial charge in [0.15, 0.2) is 5.13 Å². The topological polar surface area (TPSA) is 80.3 Å². The minimum absolute atomic E-state index is 0.00909. The van der Waals surface area contributed by atoms with E-state index in [1.807, 2.05) is 0 Å². The van der Waals surface area contributed by atoms with Crippen molar-refractivity contribution in [3.63, 3.8) is 0 Å². The first-order valence-electron chi connectivity index (χ1n) is 8.34. The zero-order valence-corrected chi connectivity index (χ0v) is 14.9.